The SMILES string of the molecule is CC(C)(C)[Si](C)(C)OC(=CC(=O)C(F)(F)F)C(F)(F)C(F)(F)C(F)(F)F. The van der Waals surface area contributed by atoms with Crippen molar-refractivity contribution in [2.45, 2.75) is 63.1 Å². The van der Waals surface area contributed by atoms with Crippen molar-refractivity contribution >= 4 is 14.1 Å². The molecule has 0 aliphatic heterocycles. The second-order valence-corrected chi connectivity index (χ2v) is 11.6. The van der Waals surface area contributed by atoms with Crippen LogP contribution in [0.5, 0.6) is 0 Å². The van der Waals surface area contributed by atoms with E-state index in [-0.39, 0.29) is 0 Å². The third-order valence-electron chi connectivity index (χ3n) is 3.77. The van der Waals surface area contributed by atoms with Gasteiger partial charge >= 0.3 is 24.2 Å². The maximum atomic E-state index is 13.9. The quantitative estimate of drug-likeness (QED) is 0.240. The second-order valence-electron chi connectivity index (χ2n) is 6.88. The molecular weight excluding hydrogens is 406 g/mol. The number of hydrogen-bond donors (Lipinski definition) is 0. The smallest absolute Gasteiger partial charge is 0.460 e. The predicted molar refractivity (Wildman–Crippen MR) is 73.4 cm³/mol. The largest absolute Gasteiger partial charge is 0.542 e. The lowest BCUT2D eigenvalue weighted by Crippen LogP contribution is -2.55. The van der Waals surface area contributed by atoms with Gasteiger partial charge in [0, 0.05) is 6.08 Å². The molecule has 0 fully saturated rings. The lowest BCUT2D eigenvalue weighted by atomic mass is 10.1. The van der Waals surface area contributed by atoms with E-state index < -0.39 is 55.2 Å². The number of halogens is 10. The summed E-state index contributed by atoms with van der Waals surface area (Å²) in [5.74, 6) is -18.7. The summed E-state index contributed by atoms with van der Waals surface area (Å²) >= 11 is 0. The Balaban J connectivity index is 6.46. The van der Waals surface area contributed by atoms with Crippen LogP contribution in [0, 0.1) is 0 Å². The molecule has 0 heterocycles. The Bertz CT molecular complexity index is 567. The molecular formula is C13H16F10O2Si. The van der Waals surface area contributed by atoms with Crippen LogP contribution in [0.15, 0.2) is 11.8 Å². The van der Waals surface area contributed by atoms with Crippen molar-refractivity contribution in [1.29, 1.82) is 0 Å². The first-order valence-corrected chi connectivity index (χ1v) is 9.74. The molecule has 0 radical (unpaired) electrons. The van der Waals surface area contributed by atoms with Crippen molar-refractivity contribution in [2.24, 2.45) is 0 Å². The van der Waals surface area contributed by atoms with Gasteiger partial charge in [-0.05, 0) is 18.1 Å². The van der Waals surface area contributed by atoms with Crippen molar-refractivity contribution in [3.05, 3.63) is 11.8 Å². The monoisotopic (exact) mass is 422 g/mol. The molecule has 26 heavy (non-hydrogen) atoms. The molecule has 0 rings (SSSR count). The lowest BCUT2D eigenvalue weighted by molar-refractivity contribution is -0.349. The van der Waals surface area contributed by atoms with E-state index in [0.717, 1.165) is 13.1 Å². The number of hydrogen-bond acceptors (Lipinski definition) is 2. The van der Waals surface area contributed by atoms with E-state index in [1.807, 2.05) is 0 Å². The Morgan fingerprint density at radius 3 is 1.50 bits per heavy atom. The van der Waals surface area contributed by atoms with E-state index in [2.05, 4.69) is 4.43 Å². The molecule has 0 N–H and O–H groups in total. The van der Waals surface area contributed by atoms with Crippen LogP contribution in [0.25, 0.3) is 0 Å². The summed E-state index contributed by atoms with van der Waals surface area (Å²) in [5, 5.41) is -1.06. The summed E-state index contributed by atoms with van der Waals surface area (Å²) in [6, 6.07) is 0. The summed E-state index contributed by atoms with van der Waals surface area (Å²) in [4.78, 5) is 10.9. The molecule has 0 aromatic heterocycles. The van der Waals surface area contributed by atoms with Gasteiger partial charge in [-0.15, -0.1) is 0 Å². The molecule has 0 bridgehead atoms. The number of carbonyl (C=O) groups is 1. The van der Waals surface area contributed by atoms with Gasteiger partial charge in [-0.25, -0.2) is 0 Å². The van der Waals surface area contributed by atoms with E-state index in [9.17, 15) is 48.7 Å². The van der Waals surface area contributed by atoms with Crippen molar-refractivity contribution in [3.8, 4) is 0 Å². The number of ketones is 1. The van der Waals surface area contributed by atoms with Gasteiger partial charge in [0.15, 0.2) is 5.76 Å². The van der Waals surface area contributed by atoms with Gasteiger partial charge in [-0.2, -0.15) is 43.9 Å². The first-order chi connectivity index (χ1) is 11.0. The van der Waals surface area contributed by atoms with Crippen LogP contribution >= 0.6 is 0 Å². The van der Waals surface area contributed by atoms with Crippen LogP contribution in [0.4, 0.5) is 43.9 Å². The Hall–Kier alpha value is -1.27. The lowest BCUT2D eigenvalue weighted by Gasteiger charge is -2.40. The Morgan fingerprint density at radius 2 is 1.23 bits per heavy atom. The maximum Gasteiger partial charge on any atom is 0.460 e. The van der Waals surface area contributed by atoms with Crippen LogP contribution in [0.1, 0.15) is 20.8 Å². The van der Waals surface area contributed by atoms with E-state index in [0.29, 0.717) is 0 Å². The third kappa shape index (κ3) is 4.91. The van der Waals surface area contributed by atoms with Gasteiger partial charge in [0.2, 0.25) is 8.32 Å². The molecule has 0 aliphatic carbocycles. The van der Waals surface area contributed by atoms with E-state index in [1.165, 1.54) is 20.8 Å². The summed E-state index contributed by atoms with van der Waals surface area (Å²) in [6.45, 7) is 6.31. The van der Waals surface area contributed by atoms with Gasteiger partial charge < -0.3 is 4.43 Å². The fourth-order valence-corrected chi connectivity index (χ4v) is 2.19. The zero-order chi connectivity index (χ0) is 21.6. The minimum Gasteiger partial charge on any atom is -0.542 e. The molecule has 0 saturated heterocycles. The molecule has 0 aromatic carbocycles. The van der Waals surface area contributed by atoms with Crippen LogP contribution in [0.3, 0.4) is 0 Å². The molecule has 0 unspecified atom stereocenters. The van der Waals surface area contributed by atoms with E-state index in [4.69, 9.17) is 0 Å². The molecule has 13 heteroatoms. The zero-order valence-electron chi connectivity index (χ0n) is 14.2. The predicted octanol–water partition coefficient (Wildman–Crippen LogP) is 5.86. The highest BCUT2D eigenvalue weighted by molar-refractivity contribution is 6.74. The zero-order valence-corrected chi connectivity index (χ0v) is 15.2. The van der Waals surface area contributed by atoms with Crippen LogP contribution < -0.4 is 0 Å². The Kier molecular flexibility index (Phi) is 6.38. The first-order valence-electron chi connectivity index (χ1n) is 6.83. The highest BCUT2D eigenvalue weighted by atomic mass is 28.4. The van der Waals surface area contributed by atoms with Crippen LogP contribution in [-0.2, 0) is 9.22 Å². The Labute approximate surface area is 143 Å². The highest BCUT2D eigenvalue weighted by Crippen LogP contribution is 2.51. The number of alkyl halides is 10. The van der Waals surface area contributed by atoms with Gasteiger partial charge in [0.05, 0.1) is 0 Å². The molecule has 0 spiro atoms. The minimum atomic E-state index is -6.80. The van der Waals surface area contributed by atoms with Crippen LogP contribution in [-0.4, -0.2) is 38.3 Å². The highest BCUT2D eigenvalue weighted by Gasteiger charge is 2.75. The first kappa shape index (κ1) is 24.7. The third-order valence-corrected chi connectivity index (χ3v) is 8.12. The van der Waals surface area contributed by atoms with Crippen LogP contribution in [0.2, 0.25) is 18.1 Å². The van der Waals surface area contributed by atoms with E-state index >= 15 is 0 Å². The summed E-state index contributed by atoms with van der Waals surface area (Å²) in [7, 11) is -3.61. The maximum absolute atomic E-state index is 13.9. The molecule has 154 valence electrons. The van der Waals surface area contributed by atoms with E-state index in [1.54, 1.807) is 0 Å². The van der Waals surface area contributed by atoms with Crippen molar-refractivity contribution < 1.29 is 53.1 Å². The average Bonchev–Trinajstić information content (AvgIpc) is 2.33. The normalized spacial score (nSPS) is 15.9. The van der Waals surface area contributed by atoms with Gasteiger partial charge in [0.25, 0.3) is 5.78 Å². The standard InChI is InChI=1S/C13H16F10O2Si/c1-9(2,3)26(4,5)25-8(6-7(24)11(16,17)18)10(14,15)12(19,20)13(21,22)23/h6H,1-5H3. The molecule has 0 saturated carbocycles. The number of rotatable bonds is 5. The summed E-state index contributed by atoms with van der Waals surface area (Å²) in [6.07, 6.45) is -13.6. The van der Waals surface area contributed by atoms with Crippen molar-refractivity contribution in [1.82, 2.24) is 0 Å². The van der Waals surface area contributed by atoms with Crippen molar-refractivity contribution in [2.75, 3.05) is 0 Å². The molecule has 0 amide bonds. The van der Waals surface area contributed by atoms with Gasteiger partial charge in [-0.1, -0.05) is 20.8 Å². The average molecular weight is 422 g/mol. The number of allylic oxidation sites excluding steroid dienone is 2. The Morgan fingerprint density at radius 1 is 0.846 bits per heavy atom. The topological polar surface area (TPSA) is 26.3 Å². The summed E-state index contributed by atoms with van der Waals surface area (Å²) < 4.78 is 133. The van der Waals surface area contributed by atoms with Gasteiger partial charge in [-0.3, -0.25) is 4.79 Å². The fourth-order valence-electron chi connectivity index (χ4n) is 1.15. The van der Waals surface area contributed by atoms with Gasteiger partial charge in [0.1, 0.15) is 0 Å². The van der Waals surface area contributed by atoms with Crippen molar-refractivity contribution in [3.63, 3.8) is 0 Å². The molecule has 0 aliphatic rings. The molecule has 2 nitrogen and oxygen atoms in total. The molecule has 0 aromatic rings. The second kappa shape index (κ2) is 6.71. The summed E-state index contributed by atoms with van der Waals surface area (Å²) in [5.41, 5.74) is 0. The molecule has 0 atom stereocenters. The minimum absolute atomic E-state index is 1.06. The number of carbonyl (C=O) groups excluding carboxylic acids is 1. The fraction of sp³-hybridized carbons (Fsp3) is 0.769.